The van der Waals surface area contributed by atoms with Gasteiger partial charge in [-0.05, 0) is 49.4 Å². The van der Waals surface area contributed by atoms with Gasteiger partial charge in [-0.3, -0.25) is 4.79 Å². The summed E-state index contributed by atoms with van der Waals surface area (Å²) in [5, 5.41) is 5.17. The highest BCUT2D eigenvalue weighted by atomic mass is 32.1. The number of thiophene rings is 1. The molecule has 4 heteroatoms. The molecule has 2 bridgehead atoms. The second-order valence-corrected chi connectivity index (χ2v) is 6.08. The summed E-state index contributed by atoms with van der Waals surface area (Å²) in [6, 6.07) is 4.37. The average Bonchev–Trinajstić information content (AvgIpc) is 2.91. The van der Waals surface area contributed by atoms with Crippen LogP contribution >= 0.6 is 11.3 Å². The first-order valence-corrected chi connectivity index (χ1v) is 7.44. The van der Waals surface area contributed by atoms with Gasteiger partial charge in [0.1, 0.15) is 0 Å². The van der Waals surface area contributed by atoms with Crippen LogP contribution in [0.4, 0.5) is 0 Å². The molecule has 4 heterocycles. The van der Waals surface area contributed by atoms with Crippen LogP contribution in [0.15, 0.2) is 23.6 Å². The first-order valence-electron chi connectivity index (χ1n) is 6.56. The van der Waals surface area contributed by atoms with Crippen LogP contribution < -0.4 is 5.32 Å². The number of nitrogens with one attached hydrogen (secondary N) is 1. The molecule has 1 atom stereocenters. The minimum absolute atomic E-state index is 0.0437. The summed E-state index contributed by atoms with van der Waals surface area (Å²) in [6.07, 6.45) is 6.02. The van der Waals surface area contributed by atoms with E-state index < -0.39 is 0 Å². The topological polar surface area (TPSA) is 32.3 Å². The van der Waals surface area contributed by atoms with E-state index in [0.717, 1.165) is 11.4 Å². The molecule has 1 amide bonds. The van der Waals surface area contributed by atoms with E-state index in [9.17, 15) is 4.79 Å². The van der Waals surface area contributed by atoms with E-state index in [0.29, 0.717) is 12.0 Å². The number of amides is 1. The van der Waals surface area contributed by atoms with Gasteiger partial charge in [-0.15, -0.1) is 11.3 Å². The number of hydrogen-bond donors (Lipinski definition) is 1. The predicted octanol–water partition coefficient (Wildman–Crippen LogP) is 1.97. The molecule has 0 aliphatic carbocycles. The molecule has 3 aliphatic heterocycles. The number of carbonyl (C=O) groups is 1. The maximum Gasteiger partial charge on any atom is 0.244 e. The Hall–Kier alpha value is -1.13. The fraction of sp³-hybridized carbons (Fsp3) is 0.500. The van der Waals surface area contributed by atoms with Crippen molar-refractivity contribution in [3.8, 4) is 0 Å². The zero-order valence-electron chi connectivity index (χ0n) is 10.3. The summed E-state index contributed by atoms with van der Waals surface area (Å²) < 4.78 is 0. The summed E-state index contributed by atoms with van der Waals surface area (Å²) in [5.74, 6) is 0.733. The molecule has 0 spiro atoms. The van der Waals surface area contributed by atoms with Crippen LogP contribution in [0.3, 0.4) is 0 Å². The zero-order valence-corrected chi connectivity index (χ0v) is 11.2. The van der Waals surface area contributed by atoms with Crippen molar-refractivity contribution in [3.05, 3.63) is 28.5 Å². The van der Waals surface area contributed by atoms with Gasteiger partial charge >= 0.3 is 0 Å². The predicted molar refractivity (Wildman–Crippen MR) is 74.4 cm³/mol. The minimum Gasteiger partial charge on any atom is -0.348 e. The van der Waals surface area contributed by atoms with Gasteiger partial charge in [-0.1, -0.05) is 6.07 Å². The number of rotatable bonds is 3. The Morgan fingerprint density at radius 2 is 2.28 bits per heavy atom. The minimum atomic E-state index is 0.0437. The van der Waals surface area contributed by atoms with Gasteiger partial charge in [0, 0.05) is 23.5 Å². The molecular weight excluding hydrogens is 244 g/mol. The van der Waals surface area contributed by atoms with Gasteiger partial charge in [-0.25, -0.2) is 0 Å². The molecule has 96 valence electrons. The highest BCUT2D eigenvalue weighted by molar-refractivity contribution is 7.10. The van der Waals surface area contributed by atoms with Crippen molar-refractivity contribution in [3.63, 3.8) is 0 Å². The van der Waals surface area contributed by atoms with Crippen molar-refractivity contribution < 1.29 is 4.79 Å². The summed E-state index contributed by atoms with van der Waals surface area (Å²) in [4.78, 5) is 15.4. The number of nitrogens with zero attached hydrogens (tertiary/aromatic N) is 1. The number of fused-ring (bicyclic) bond motifs is 3. The zero-order chi connectivity index (χ0) is 12.4. The van der Waals surface area contributed by atoms with Gasteiger partial charge in [0.05, 0.1) is 0 Å². The number of piperidine rings is 3. The smallest absolute Gasteiger partial charge is 0.244 e. The molecule has 0 unspecified atom stereocenters. The molecular formula is C14H18N2OS. The van der Waals surface area contributed by atoms with Gasteiger partial charge < -0.3 is 10.2 Å². The molecule has 18 heavy (non-hydrogen) atoms. The lowest BCUT2D eigenvalue weighted by atomic mass is 9.84. The Bertz CT molecular complexity index is 433. The second-order valence-electron chi connectivity index (χ2n) is 5.10. The van der Waals surface area contributed by atoms with Crippen LogP contribution in [-0.2, 0) is 4.79 Å². The normalized spacial score (nSPS) is 30.8. The Morgan fingerprint density at radius 1 is 1.44 bits per heavy atom. The number of hydrogen-bond acceptors (Lipinski definition) is 3. The van der Waals surface area contributed by atoms with E-state index in [2.05, 4.69) is 10.2 Å². The molecule has 1 aromatic heterocycles. The van der Waals surface area contributed by atoms with Crippen molar-refractivity contribution >= 4 is 23.3 Å². The molecule has 0 aromatic carbocycles. The first kappa shape index (κ1) is 11.9. The summed E-state index contributed by atoms with van der Waals surface area (Å²) in [7, 11) is 0. The standard InChI is InChI=1S/C14H18N2OS/c17-14(4-3-12-2-1-9-18-12)15-13-10-16-7-5-11(13)6-8-16/h1-4,9,11,13H,5-8,10H2,(H,15,17)/t13-/m0/s1. The second kappa shape index (κ2) is 5.24. The van der Waals surface area contributed by atoms with E-state index in [4.69, 9.17) is 0 Å². The summed E-state index contributed by atoms with van der Waals surface area (Å²) >= 11 is 1.65. The fourth-order valence-electron chi connectivity index (χ4n) is 2.90. The monoisotopic (exact) mass is 262 g/mol. The Balaban J connectivity index is 1.55. The van der Waals surface area contributed by atoms with Crippen molar-refractivity contribution in [2.45, 2.75) is 18.9 Å². The van der Waals surface area contributed by atoms with E-state index >= 15 is 0 Å². The van der Waals surface area contributed by atoms with E-state index in [-0.39, 0.29) is 5.91 Å². The third kappa shape index (κ3) is 2.65. The van der Waals surface area contributed by atoms with Gasteiger partial charge in [-0.2, -0.15) is 0 Å². The Labute approximate surface area is 111 Å². The summed E-state index contributed by atoms with van der Waals surface area (Å²) in [5.41, 5.74) is 0. The number of carbonyl (C=O) groups excluding carboxylic acids is 1. The third-order valence-electron chi connectivity index (χ3n) is 3.93. The van der Waals surface area contributed by atoms with Crippen molar-refractivity contribution in [2.75, 3.05) is 19.6 Å². The molecule has 3 nitrogen and oxygen atoms in total. The van der Waals surface area contributed by atoms with Crippen LogP contribution in [0.25, 0.3) is 6.08 Å². The SMILES string of the molecule is O=C(C=Cc1cccs1)N[C@H]1CN2CCC1CC2. The van der Waals surface area contributed by atoms with E-state index in [1.807, 2.05) is 23.6 Å². The molecule has 0 radical (unpaired) electrons. The lowest BCUT2D eigenvalue weighted by Crippen LogP contribution is -2.57. The van der Waals surface area contributed by atoms with E-state index in [1.54, 1.807) is 17.4 Å². The highest BCUT2D eigenvalue weighted by Crippen LogP contribution is 2.27. The van der Waals surface area contributed by atoms with Crippen molar-refractivity contribution in [1.82, 2.24) is 10.2 Å². The fourth-order valence-corrected chi connectivity index (χ4v) is 3.52. The molecule has 4 rings (SSSR count). The van der Waals surface area contributed by atoms with Gasteiger partial charge in [0.25, 0.3) is 0 Å². The van der Waals surface area contributed by atoms with Crippen LogP contribution in [0.2, 0.25) is 0 Å². The largest absolute Gasteiger partial charge is 0.348 e. The molecule has 1 N–H and O–H groups in total. The third-order valence-corrected chi connectivity index (χ3v) is 4.76. The molecule has 0 saturated carbocycles. The van der Waals surface area contributed by atoms with Crippen LogP contribution in [0, 0.1) is 5.92 Å². The van der Waals surface area contributed by atoms with Crippen molar-refractivity contribution in [1.29, 1.82) is 0 Å². The molecule has 1 aromatic rings. The molecule has 3 saturated heterocycles. The molecule has 3 fully saturated rings. The van der Waals surface area contributed by atoms with E-state index in [1.165, 1.54) is 25.9 Å². The quantitative estimate of drug-likeness (QED) is 0.845. The highest BCUT2D eigenvalue weighted by Gasteiger charge is 2.34. The maximum atomic E-state index is 11.9. The van der Waals surface area contributed by atoms with Crippen LogP contribution in [-0.4, -0.2) is 36.5 Å². The lowest BCUT2D eigenvalue weighted by Gasteiger charge is -2.44. The van der Waals surface area contributed by atoms with Gasteiger partial charge in [0.2, 0.25) is 5.91 Å². The molecule has 3 aliphatic rings. The van der Waals surface area contributed by atoms with Crippen LogP contribution in [0.5, 0.6) is 0 Å². The Morgan fingerprint density at radius 3 is 2.89 bits per heavy atom. The average molecular weight is 262 g/mol. The van der Waals surface area contributed by atoms with Crippen molar-refractivity contribution in [2.24, 2.45) is 5.92 Å². The Kier molecular flexibility index (Phi) is 3.48. The van der Waals surface area contributed by atoms with Gasteiger partial charge in [0.15, 0.2) is 0 Å². The van der Waals surface area contributed by atoms with Crippen LogP contribution in [0.1, 0.15) is 17.7 Å². The maximum absolute atomic E-state index is 11.9. The lowest BCUT2D eigenvalue weighted by molar-refractivity contribution is -0.118. The first-order chi connectivity index (χ1) is 8.81. The summed E-state index contributed by atoms with van der Waals surface area (Å²) in [6.45, 7) is 3.45.